The van der Waals surface area contributed by atoms with Crippen molar-refractivity contribution in [2.24, 2.45) is 0 Å². The number of alkyl carbamates (subject to hydrolysis) is 1. The summed E-state index contributed by atoms with van der Waals surface area (Å²) >= 11 is 0. The smallest absolute Gasteiger partial charge is 0.408 e. The second-order valence-electron chi connectivity index (χ2n) is 7.83. The first kappa shape index (κ1) is 21.6. The monoisotopic (exact) mass is 435 g/mol. The van der Waals surface area contributed by atoms with Crippen molar-refractivity contribution in [2.75, 3.05) is 0 Å². The molecule has 0 radical (unpaired) electrons. The summed E-state index contributed by atoms with van der Waals surface area (Å²) < 4.78 is 16.1. The van der Waals surface area contributed by atoms with E-state index in [-0.39, 0.29) is 18.0 Å². The third-order valence-corrected chi connectivity index (χ3v) is 5.53. The molecule has 1 amide bonds. The zero-order valence-corrected chi connectivity index (χ0v) is 17.9. The number of ether oxygens (including phenoxy) is 2. The third-order valence-electron chi connectivity index (χ3n) is 5.53. The first-order valence-corrected chi connectivity index (χ1v) is 10.8. The molecule has 1 aromatic heterocycles. The third kappa shape index (κ3) is 4.82. The molecule has 1 aliphatic rings. The molecule has 0 saturated heterocycles. The van der Waals surface area contributed by atoms with Gasteiger partial charge in [-0.15, -0.1) is 0 Å². The lowest BCUT2D eigenvalue weighted by atomic mass is 10.1. The van der Waals surface area contributed by atoms with Gasteiger partial charge in [0.25, 0.3) is 0 Å². The molecule has 0 fully saturated rings. The number of aryl methyl sites for hydroxylation is 1. The van der Waals surface area contributed by atoms with Crippen LogP contribution in [-0.4, -0.2) is 18.1 Å². The molecule has 1 heterocycles. The fourth-order valence-electron chi connectivity index (χ4n) is 3.96. The zero-order valence-electron chi connectivity index (χ0n) is 17.9. The number of carbonyl (C=O) groups is 2. The minimum Gasteiger partial charge on any atom is -0.445 e. The Bertz CT molecular complexity index is 1180. The van der Waals surface area contributed by atoms with Gasteiger partial charge in [0, 0.05) is 17.0 Å². The highest BCUT2D eigenvalue weighted by Gasteiger charge is 2.24. The number of rotatable bonds is 7. The van der Waals surface area contributed by atoms with E-state index < -0.39 is 18.1 Å². The van der Waals surface area contributed by atoms with Crippen molar-refractivity contribution in [2.45, 2.75) is 51.7 Å². The number of hydrogen-bond acceptors (Lipinski definition) is 6. The summed E-state index contributed by atoms with van der Waals surface area (Å²) in [5.41, 5.74) is 2.66. The summed E-state index contributed by atoms with van der Waals surface area (Å²) in [6, 6.07) is 13.5. The average Bonchev–Trinajstić information content (AvgIpc) is 3.29. The van der Waals surface area contributed by atoms with Crippen LogP contribution in [0.2, 0.25) is 0 Å². The molecule has 3 aromatic rings. The molecule has 32 heavy (non-hydrogen) atoms. The quantitative estimate of drug-likeness (QED) is 0.338. The number of benzene rings is 2. The van der Waals surface area contributed by atoms with Crippen molar-refractivity contribution in [3.8, 4) is 5.75 Å². The lowest BCUT2D eigenvalue weighted by Gasteiger charge is -2.17. The van der Waals surface area contributed by atoms with E-state index in [9.17, 15) is 14.4 Å². The standard InChI is InChI=1S/C25H25NO6/c1-2-7-21(26-25(29)30-15-16-8-4-3-5-9-16)24(28)31-17-12-13-19-18-10-6-11-20(18)23(27)32-22(19)14-17/h3-5,8-9,12-14,21H,2,6-7,10-11,15H2,1H3,(H,26,29)/t21-/m0/s1. The van der Waals surface area contributed by atoms with E-state index in [1.807, 2.05) is 37.3 Å². The fourth-order valence-corrected chi connectivity index (χ4v) is 3.96. The predicted molar refractivity (Wildman–Crippen MR) is 119 cm³/mol. The number of esters is 1. The molecule has 0 spiro atoms. The SMILES string of the molecule is CCC[C@H](NC(=O)OCc1ccccc1)C(=O)Oc1ccc2c3c(c(=O)oc2c1)CCC3. The van der Waals surface area contributed by atoms with Crippen LogP contribution in [0.25, 0.3) is 11.0 Å². The van der Waals surface area contributed by atoms with Crippen LogP contribution in [-0.2, 0) is 29.0 Å². The minimum atomic E-state index is -0.856. The summed E-state index contributed by atoms with van der Waals surface area (Å²) in [5, 5.41) is 3.44. The summed E-state index contributed by atoms with van der Waals surface area (Å²) in [6.45, 7) is 2.01. The first-order chi connectivity index (χ1) is 15.5. The van der Waals surface area contributed by atoms with Crippen molar-refractivity contribution >= 4 is 23.0 Å². The Hall–Kier alpha value is -3.61. The molecule has 1 atom stereocenters. The number of amides is 1. The second kappa shape index (κ2) is 9.68. The van der Waals surface area contributed by atoms with Crippen molar-refractivity contribution in [3.63, 3.8) is 0 Å². The van der Waals surface area contributed by atoms with Gasteiger partial charge in [0.15, 0.2) is 0 Å². The van der Waals surface area contributed by atoms with Crippen molar-refractivity contribution in [3.05, 3.63) is 75.6 Å². The van der Waals surface area contributed by atoms with E-state index in [2.05, 4.69) is 5.32 Å². The van der Waals surface area contributed by atoms with Gasteiger partial charge in [0.1, 0.15) is 24.0 Å². The van der Waals surface area contributed by atoms with Crippen LogP contribution in [0.3, 0.4) is 0 Å². The van der Waals surface area contributed by atoms with Crippen molar-refractivity contribution in [1.29, 1.82) is 0 Å². The number of fused-ring (bicyclic) bond motifs is 3. The summed E-state index contributed by atoms with van der Waals surface area (Å²) in [7, 11) is 0. The van der Waals surface area contributed by atoms with Gasteiger partial charge in [-0.3, -0.25) is 0 Å². The number of hydrogen-bond donors (Lipinski definition) is 1. The molecule has 2 aromatic carbocycles. The van der Waals surface area contributed by atoms with Gasteiger partial charge in [-0.1, -0.05) is 43.7 Å². The van der Waals surface area contributed by atoms with E-state index in [0.717, 1.165) is 41.3 Å². The molecule has 166 valence electrons. The summed E-state index contributed by atoms with van der Waals surface area (Å²) in [6.07, 6.45) is 2.87. The molecular weight excluding hydrogens is 410 g/mol. The Kier molecular flexibility index (Phi) is 6.54. The van der Waals surface area contributed by atoms with Crippen LogP contribution in [0.4, 0.5) is 4.79 Å². The van der Waals surface area contributed by atoms with Gasteiger partial charge >= 0.3 is 17.7 Å². The Morgan fingerprint density at radius 3 is 2.66 bits per heavy atom. The largest absolute Gasteiger partial charge is 0.445 e. The summed E-state index contributed by atoms with van der Waals surface area (Å²) in [4.78, 5) is 37.1. The average molecular weight is 435 g/mol. The molecule has 0 aliphatic heterocycles. The molecule has 4 rings (SSSR count). The number of nitrogens with one attached hydrogen (secondary N) is 1. The van der Waals surface area contributed by atoms with E-state index in [4.69, 9.17) is 13.9 Å². The van der Waals surface area contributed by atoms with Crippen LogP contribution in [0.5, 0.6) is 5.75 Å². The van der Waals surface area contributed by atoms with Crippen LogP contribution < -0.4 is 15.7 Å². The van der Waals surface area contributed by atoms with Crippen LogP contribution in [0, 0.1) is 0 Å². The minimum absolute atomic E-state index is 0.106. The first-order valence-electron chi connectivity index (χ1n) is 10.8. The molecule has 7 heteroatoms. The van der Waals surface area contributed by atoms with Gasteiger partial charge in [-0.25, -0.2) is 14.4 Å². The van der Waals surface area contributed by atoms with E-state index in [1.165, 1.54) is 0 Å². The van der Waals surface area contributed by atoms with E-state index in [0.29, 0.717) is 18.4 Å². The second-order valence-corrected chi connectivity index (χ2v) is 7.83. The lowest BCUT2D eigenvalue weighted by Crippen LogP contribution is -2.43. The summed E-state index contributed by atoms with van der Waals surface area (Å²) in [5.74, 6) is -0.351. The molecule has 1 N–H and O–H groups in total. The van der Waals surface area contributed by atoms with Gasteiger partial charge in [-0.05, 0) is 48.9 Å². The Labute approximate surface area is 185 Å². The molecular formula is C25H25NO6. The Morgan fingerprint density at radius 1 is 1.09 bits per heavy atom. The molecule has 7 nitrogen and oxygen atoms in total. The topological polar surface area (TPSA) is 94.8 Å². The lowest BCUT2D eigenvalue weighted by molar-refractivity contribution is -0.136. The van der Waals surface area contributed by atoms with Crippen LogP contribution in [0.15, 0.2) is 57.7 Å². The molecule has 0 saturated carbocycles. The maximum absolute atomic E-state index is 12.7. The highest BCUT2D eigenvalue weighted by Crippen LogP contribution is 2.29. The van der Waals surface area contributed by atoms with E-state index >= 15 is 0 Å². The van der Waals surface area contributed by atoms with Gasteiger partial charge in [-0.2, -0.15) is 0 Å². The van der Waals surface area contributed by atoms with Crippen molar-refractivity contribution < 1.29 is 23.5 Å². The Morgan fingerprint density at radius 2 is 1.88 bits per heavy atom. The van der Waals surface area contributed by atoms with Crippen LogP contribution >= 0.6 is 0 Å². The van der Waals surface area contributed by atoms with Gasteiger partial charge in [0.2, 0.25) is 0 Å². The zero-order chi connectivity index (χ0) is 22.5. The molecule has 0 bridgehead atoms. The van der Waals surface area contributed by atoms with Crippen molar-refractivity contribution in [1.82, 2.24) is 5.32 Å². The maximum atomic E-state index is 12.7. The van der Waals surface area contributed by atoms with E-state index in [1.54, 1.807) is 18.2 Å². The van der Waals surface area contributed by atoms with Gasteiger partial charge in [0.05, 0.1) is 0 Å². The van der Waals surface area contributed by atoms with Crippen LogP contribution in [0.1, 0.15) is 42.9 Å². The predicted octanol–water partition coefficient (Wildman–Crippen LogP) is 4.28. The fraction of sp³-hybridized carbons (Fsp3) is 0.320. The van der Waals surface area contributed by atoms with Gasteiger partial charge < -0.3 is 19.2 Å². The maximum Gasteiger partial charge on any atom is 0.408 e. The molecule has 1 aliphatic carbocycles. The normalized spacial score (nSPS) is 13.4. The highest BCUT2D eigenvalue weighted by atomic mass is 16.6. The highest BCUT2D eigenvalue weighted by molar-refractivity contribution is 5.86. The molecule has 0 unspecified atom stereocenters. The number of carbonyl (C=O) groups excluding carboxylic acids is 2. The Balaban J connectivity index is 1.43.